The van der Waals surface area contributed by atoms with Crippen molar-refractivity contribution in [2.24, 2.45) is 0 Å². The van der Waals surface area contributed by atoms with Crippen molar-refractivity contribution in [2.45, 2.75) is 12.8 Å². The molecule has 1 aliphatic rings. The van der Waals surface area contributed by atoms with Crippen LogP contribution in [-0.2, 0) is 0 Å². The molecule has 78 valence electrons. The van der Waals surface area contributed by atoms with Gasteiger partial charge < -0.3 is 15.3 Å². The Morgan fingerprint density at radius 3 is 2.00 bits per heavy atom. The third-order valence-electron chi connectivity index (χ3n) is 2.40. The quantitative estimate of drug-likeness (QED) is 0.436. The summed E-state index contributed by atoms with van der Waals surface area (Å²) in [6.45, 7) is 0. The summed E-state index contributed by atoms with van der Waals surface area (Å²) in [6, 6.07) is 0.852. The highest BCUT2D eigenvalue weighted by molar-refractivity contribution is 6.17. The van der Waals surface area contributed by atoms with E-state index in [-0.39, 0.29) is 24.0 Å². The monoisotopic (exact) mass is 208 g/mol. The number of phenolic OH excluding ortho intramolecular Hbond substituents is 3. The standard InChI is InChI=1S/C10H8O5/c11-4-1-2-5(12)9-8(4)6(13)3-7(14)10(9)15/h3,13-15H,1-2H2. The summed E-state index contributed by atoms with van der Waals surface area (Å²) in [5.41, 5.74) is -0.467. The first-order valence-corrected chi connectivity index (χ1v) is 4.36. The molecule has 0 radical (unpaired) electrons. The molecule has 0 atom stereocenters. The lowest BCUT2D eigenvalue weighted by Crippen LogP contribution is -2.17. The Hall–Kier alpha value is -2.04. The molecule has 0 saturated heterocycles. The summed E-state index contributed by atoms with van der Waals surface area (Å²) < 4.78 is 0. The number of Topliss-reactive ketones (excluding diaryl/α,β-unsaturated/α-hetero) is 2. The number of hydrogen-bond acceptors (Lipinski definition) is 5. The van der Waals surface area contributed by atoms with Crippen LogP contribution >= 0.6 is 0 Å². The number of carbonyl (C=O) groups is 2. The lowest BCUT2D eigenvalue weighted by molar-refractivity contribution is 0.0884. The predicted octanol–water partition coefficient (Wildman–Crippen LogP) is 0.963. The second-order valence-corrected chi connectivity index (χ2v) is 3.36. The van der Waals surface area contributed by atoms with Gasteiger partial charge >= 0.3 is 0 Å². The van der Waals surface area contributed by atoms with Gasteiger partial charge in [-0.05, 0) is 0 Å². The van der Waals surface area contributed by atoms with Crippen molar-refractivity contribution in [1.29, 1.82) is 0 Å². The van der Waals surface area contributed by atoms with Crippen LogP contribution in [0.4, 0.5) is 0 Å². The van der Waals surface area contributed by atoms with Gasteiger partial charge in [0.15, 0.2) is 23.1 Å². The van der Waals surface area contributed by atoms with Crippen LogP contribution in [0.3, 0.4) is 0 Å². The Bertz CT molecular complexity index is 475. The van der Waals surface area contributed by atoms with E-state index in [0.717, 1.165) is 6.07 Å². The van der Waals surface area contributed by atoms with Gasteiger partial charge in [0.05, 0.1) is 11.1 Å². The van der Waals surface area contributed by atoms with Crippen LogP contribution in [0.1, 0.15) is 33.6 Å². The molecule has 15 heavy (non-hydrogen) atoms. The zero-order valence-corrected chi connectivity index (χ0v) is 7.65. The molecule has 1 aromatic carbocycles. The third kappa shape index (κ3) is 1.24. The molecule has 0 saturated carbocycles. The maximum absolute atomic E-state index is 11.4. The van der Waals surface area contributed by atoms with Crippen LogP contribution in [0.25, 0.3) is 0 Å². The summed E-state index contributed by atoms with van der Waals surface area (Å²) >= 11 is 0. The van der Waals surface area contributed by atoms with Gasteiger partial charge in [-0.25, -0.2) is 0 Å². The van der Waals surface area contributed by atoms with Gasteiger partial charge in [0, 0.05) is 18.9 Å². The Kier molecular flexibility index (Phi) is 1.89. The molecule has 5 nitrogen and oxygen atoms in total. The minimum Gasteiger partial charge on any atom is -0.507 e. The molecule has 3 N–H and O–H groups in total. The number of fused-ring (bicyclic) bond motifs is 1. The number of aromatic hydroxyl groups is 3. The van der Waals surface area contributed by atoms with Gasteiger partial charge in [-0.2, -0.15) is 0 Å². The van der Waals surface area contributed by atoms with E-state index in [0.29, 0.717) is 0 Å². The largest absolute Gasteiger partial charge is 0.507 e. The molecule has 0 fully saturated rings. The molecular weight excluding hydrogens is 200 g/mol. The fourth-order valence-corrected chi connectivity index (χ4v) is 1.68. The summed E-state index contributed by atoms with van der Waals surface area (Å²) in [4.78, 5) is 22.8. The predicted molar refractivity (Wildman–Crippen MR) is 49.3 cm³/mol. The summed E-state index contributed by atoms with van der Waals surface area (Å²) in [5, 5.41) is 28.0. The second-order valence-electron chi connectivity index (χ2n) is 3.36. The van der Waals surface area contributed by atoms with Crippen molar-refractivity contribution < 1.29 is 24.9 Å². The van der Waals surface area contributed by atoms with Crippen molar-refractivity contribution in [3.8, 4) is 17.2 Å². The number of carbonyl (C=O) groups excluding carboxylic acids is 2. The Morgan fingerprint density at radius 2 is 1.40 bits per heavy atom. The molecule has 0 amide bonds. The van der Waals surface area contributed by atoms with E-state index in [4.69, 9.17) is 0 Å². The molecule has 0 aliphatic heterocycles. The topological polar surface area (TPSA) is 94.8 Å². The molecule has 0 unspecified atom stereocenters. The van der Waals surface area contributed by atoms with Crippen LogP contribution in [0.2, 0.25) is 0 Å². The SMILES string of the molecule is O=C1CCC(=O)c2c(O)c(O)cc(O)c21. The fourth-order valence-electron chi connectivity index (χ4n) is 1.68. The number of phenols is 3. The molecule has 0 aromatic heterocycles. The van der Waals surface area contributed by atoms with Crippen LogP contribution < -0.4 is 0 Å². The molecule has 5 heteroatoms. The lowest BCUT2D eigenvalue weighted by atomic mass is 9.88. The van der Waals surface area contributed by atoms with Crippen molar-refractivity contribution in [2.75, 3.05) is 0 Å². The van der Waals surface area contributed by atoms with E-state index >= 15 is 0 Å². The van der Waals surface area contributed by atoms with Crippen molar-refractivity contribution in [3.05, 3.63) is 17.2 Å². The van der Waals surface area contributed by atoms with Gasteiger partial charge in [0.2, 0.25) is 0 Å². The molecular formula is C10H8O5. The maximum atomic E-state index is 11.4. The molecule has 0 spiro atoms. The second kappa shape index (κ2) is 2.98. The van der Waals surface area contributed by atoms with Crippen LogP contribution in [0.15, 0.2) is 6.07 Å². The average molecular weight is 208 g/mol. The zero-order valence-electron chi connectivity index (χ0n) is 7.65. The summed E-state index contributed by atoms with van der Waals surface area (Å²) in [7, 11) is 0. The average Bonchev–Trinajstić information content (AvgIpc) is 2.18. The molecule has 2 rings (SSSR count). The van der Waals surface area contributed by atoms with Crippen LogP contribution in [-0.4, -0.2) is 26.9 Å². The number of hydrogen-bond donors (Lipinski definition) is 3. The lowest BCUT2D eigenvalue weighted by Gasteiger charge is -2.16. The Morgan fingerprint density at radius 1 is 0.867 bits per heavy atom. The zero-order chi connectivity index (χ0) is 11.2. The van der Waals surface area contributed by atoms with Crippen molar-refractivity contribution in [1.82, 2.24) is 0 Å². The van der Waals surface area contributed by atoms with E-state index < -0.39 is 28.8 Å². The van der Waals surface area contributed by atoms with Gasteiger partial charge in [-0.3, -0.25) is 9.59 Å². The maximum Gasteiger partial charge on any atom is 0.169 e. The number of benzene rings is 1. The molecule has 1 aromatic rings. The first kappa shape index (κ1) is 9.51. The fraction of sp³-hybridized carbons (Fsp3) is 0.200. The highest BCUT2D eigenvalue weighted by Gasteiger charge is 2.31. The van der Waals surface area contributed by atoms with E-state index in [9.17, 15) is 24.9 Å². The van der Waals surface area contributed by atoms with Gasteiger partial charge in [0.25, 0.3) is 0 Å². The van der Waals surface area contributed by atoms with Crippen LogP contribution in [0.5, 0.6) is 17.2 Å². The minimum atomic E-state index is -0.638. The number of ketones is 2. The first-order chi connectivity index (χ1) is 7.02. The first-order valence-electron chi connectivity index (χ1n) is 4.36. The van der Waals surface area contributed by atoms with Gasteiger partial charge in [0.1, 0.15) is 5.75 Å². The molecule has 0 heterocycles. The minimum absolute atomic E-state index is 0.0116. The van der Waals surface area contributed by atoms with Crippen molar-refractivity contribution in [3.63, 3.8) is 0 Å². The van der Waals surface area contributed by atoms with Gasteiger partial charge in [-0.1, -0.05) is 0 Å². The van der Waals surface area contributed by atoms with E-state index in [1.807, 2.05) is 0 Å². The van der Waals surface area contributed by atoms with Gasteiger partial charge in [-0.15, -0.1) is 0 Å². The van der Waals surface area contributed by atoms with E-state index in [1.54, 1.807) is 0 Å². The Labute approximate surface area is 84.6 Å². The van der Waals surface area contributed by atoms with E-state index in [1.165, 1.54) is 0 Å². The smallest absolute Gasteiger partial charge is 0.169 e. The number of rotatable bonds is 0. The summed E-state index contributed by atoms with van der Waals surface area (Å²) in [6.07, 6.45) is 0.00585. The summed E-state index contributed by atoms with van der Waals surface area (Å²) in [5.74, 6) is -2.57. The van der Waals surface area contributed by atoms with E-state index in [2.05, 4.69) is 0 Å². The normalized spacial score (nSPS) is 15.2. The highest BCUT2D eigenvalue weighted by atomic mass is 16.3. The molecule has 1 aliphatic carbocycles. The van der Waals surface area contributed by atoms with Crippen molar-refractivity contribution >= 4 is 11.6 Å². The Balaban J connectivity index is 2.82. The third-order valence-corrected chi connectivity index (χ3v) is 2.40. The molecule has 0 bridgehead atoms. The highest BCUT2D eigenvalue weighted by Crippen LogP contribution is 2.40. The van der Waals surface area contributed by atoms with Crippen LogP contribution in [0, 0.1) is 0 Å².